The number of aryl methyl sites for hydroxylation is 1. The Balaban J connectivity index is 0. The van der Waals surface area contributed by atoms with E-state index in [-0.39, 0.29) is 21.7 Å². The molecule has 1 aromatic carbocycles. The zero-order valence-electron chi connectivity index (χ0n) is 8.46. The molecule has 0 aliphatic heterocycles. The van der Waals surface area contributed by atoms with Gasteiger partial charge in [0.1, 0.15) is 0 Å². The van der Waals surface area contributed by atoms with Crippen molar-refractivity contribution < 1.29 is 26.8 Å². The van der Waals surface area contributed by atoms with Gasteiger partial charge in [-0.25, -0.2) is 0 Å². The largest absolute Gasteiger partial charge is 0.396 e. The molecule has 72 valence electrons. The third-order valence-corrected chi connectivity index (χ3v) is 1.45. The maximum Gasteiger partial charge on any atom is 0.0430 e. The molecule has 0 aliphatic carbocycles. The molecule has 1 nitrogen and oxygen atoms in total. The van der Waals surface area contributed by atoms with Crippen LogP contribution in [0.5, 0.6) is 0 Å². The quantitative estimate of drug-likeness (QED) is 0.750. The van der Waals surface area contributed by atoms with Gasteiger partial charge in [-0.1, -0.05) is 49.2 Å². The van der Waals surface area contributed by atoms with E-state index in [2.05, 4.69) is 26.0 Å². The van der Waals surface area contributed by atoms with Crippen molar-refractivity contribution in [1.82, 2.24) is 0 Å². The molecule has 0 radical (unpaired) electrons. The van der Waals surface area contributed by atoms with E-state index < -0.39 is 0 Å². The van der Waals surface area contributed by atoms with Crippen LogP contribution in [0.1, 0.15) is 25.3 Å². The third-order valence-electron chi connectivity index (χ3n) is 1.45. The van der Waals surface area contributed by atoms with Crippen LogP contribution in [0.3, 0.4) is 0 Å². The predicted molar refractivity (Wildman–Crippen MR) is 53.2 cm³/mol. The van der Waals surface area contributed by atoms with E-state index in [4.69, 9.17) is 5.11 Å². The Bertz CT molecular complexity index is 173. The van der Waals surface area contributed by atoms with E-state index >= 15 is 0 Å². The summed E-state index contributed by atoms with van der Waals surface area (Å²) in [5.41, 5.74) is 1.32. The van der Waals surface area contributed by atoms with Crippen molar-refractivity contribution in [2.45, 2.75) is 26.7 Å². The first kappa shape index (κ1) is 15.4. The zero-order valence-corrected chi connectivity index (χ0v) is 10.0. The van der Waals surface area contributed by atoms with Gasteiger partial charge in [-0.3, -0.25) is 0 Å². The number of unbranched alkanes of at least 4 members (excludes halogenated alkanes) is 1. The molecular formula is C11H18OTi. The molecule has 0 amide bonds. The second-order valence-corrected chi connectivity index (χ2v) is 2.73. The Labute approximate surface area is 96.1 Å². The summed E-state index contributed by atoms with van der Waals surface area (Å²) in [4.78, 5) is 0. The van der Waals surface area contributed by atoms with Gasteiger partial charge in [-0.15, -0.1) is 0 Å². The Morgan fingerprint density at radius 3 is 1.85 bits per heavy atom. The number of aliphatic hydroxyl groups is 1. The molecule has 1 N–H and O–H groups in total. The zero-order chi connectivity index (χ0) is 9.23. The summed E-state index contributed by atoms with van der Waals surface area (Å²) in [5, 5.41) is 8.07. The van der Waals surface area contributed by atoms with Crippen molar-refractivity contribution >= 4 is 0 Å². The smallest absolute Gasteiger partial charge is 0.0430 e. The average Bonchev–Trinajstić information content (AvgIpc) is 2.08. The van der Waals surface area contributed by atoms with Crippen molar-refractivity contribution in [2.75, 3.05) is 6.61 Å². The molecular weight excluding hydrogens is 196 g/mol. The van der Waals surface area contributed by atoms with Gasteiger partial charge in [0.2, 0.25) is 0 Å². The Morgan fingerprint density at radius 2 is 1.69 bits per heavy atom. The maximum atomic E-state index is 8.07. The van der Waals surface area contributed by atoms with E-state index in [0.29, 0.717) is 6.61 Å². The van der Waals surface area contributed by atoms with Gasteiger partial charge < -0.3 is 5.11 Å². The van der Waals surface area contributed by atoms with E-state index in [1.807, 2.05) is 18.2 Å². The fourth-order valence-corrected chi connectivity index (χ4v) is 0.692. The Morgan fingerprint density at radius 1 is 1.15 bits per heavy atom. The monoisotopic (exact) mass is 214 g/mol. The number of hydrogen-bond donors (Lipinski definition) is 1. The fraction of sp³-hybridized carbons (Fsp3) is 0.455. The second kappa shape index (κ2) is 11.9. The van der Waals surface area contributed by atoms with Gasteiger partial charge in [0.25, 0.3) is 0 Å². The fourth-order valence-electron chi connectivity index (χ4n) is 0.692. The first-order valence-corrected chi connectivity index (χ1v) is 4.43. The summed E-state index contributed by atoms with van der Waals surface area (Å²) in [6.07, 6.45) is 2.04. The molecule has 1 rings (SSSR count). The van der Waals surface area contributed by atoms with Crippen molar-refractivity contribution in [2.24, 2.45) is 0 Å². The first-order valence-electron chi connectivity index (χ1n) is 4.43. The minimum absolute atomic E-state index is 0. The van der Waals surface area contributed by atoms with E-state index in [0.717, 1.165) is 12.8 Å². The van der Waals surface area contributed by atoms with Crippen molar-refractivity contribution in [1.29, 1.82) is 0 Å². The van der Waals surface area contributed by atoms with Crippen molar-refractivity contribution in [3.8, 4) is 0 Å². The van der Waals surface area contributed by atoms with Gasteiger partial charge in [0, 0.05) is 28.3 Å². The summed E-state index contributed by atoms with van der Waals surface area (Å²) in [7, 11) is 0. The van der Waals surface area contributed by atoms with Crippen LogP contribution in [0.15, 0.2) is 30.3 Å². The molecule has 0 saturated heterocycles. The van der Waals surface area contributed by atoms with Crippen LogP contribution in [-0.4, -0.2) is 11.7 Å². The summed E-state index contributed by atoms with van der Waals surface area (Å²) in [6.45, 7) is 4.48. The topological polar surface area (TPSA) is 20.2 Å². The average molecular weight is 214 g/mol. The summed E-state index contributed by atoms with van der Waals surface area (Å²) in [6, 6.07) is 10.3. The van der Waals surface area contributed by atoms with Crippen LogP contribution in [0, 0.1) is 6.92 Å². The molecule has 0 aliphatic rings. The normalized spacial score (nSPS) is 7.92. The predicted octanol–water partition coefficient (Wildman–Crippen LogP) is 2.77. The van der Waals surface area contributed by atoms with E-state index in [1.165, 1.54) is 5.56 Å². The van der Waals surface area contributed by atoms with Crippen LogP contribution in [0.2, 0.25) is 0 Å². The maximum absolute atomic E-state index is 8.07. The van der Waals surface area contributed by atoms with Gasteiger partial charge in [0.05, 0.1) is 0 Å². The third kappa shape index (κ3) is 11.9. The van der Waals surface area contributed by atoms with Gasteiger partial charge in [0.15, 0.2) is 0 Å². The summed E-state index contributed by atoms with van der Waals surface area (Å²) in [5.74, 6) is 0. The number of hydrogen-bond acceptors (Lipinski definition) is 1. The van der Waals surface area contributed by atoms with Crippen molar-refractivity contribution in [3.05, 3.63) is 35.9 Å². The van der Waals surface area contributed by atoms with Crippen LogP contribution < -0.4 is 0 Å². The molecule has 13 heavy (non-hydrogen) atoms. The molecule has 0 heterocycles. The van der Waals surface area contributed by atoms with E-state index in [1.54, 1.807) is 0 Å². The van der Waals surface area contributed by atoms with Gasteiger partial charge >= 0.3 is 0 Å². The minimum atomic E-state index is 0. The van der Waals surface area contributed by atoms with Crippen molar-refractivity contribution in [3.63, 3.8) is 0 Å². The number of aliphatic hydroxyl groups excluding tert-OH is 1. The summed E-state index contributed by atoms with van der Waals surface area (Å²) >= 11 is 0. The van der Waals surface area contributed by atoms with Gasteiger partial charge in [-0.05, 0) is 13.3 Å². The minimum Gasteiger partial charge on any atom is -0.396 e. The van der Waals surface area contributed by atoms with Crippen LogP contribution in [0.4, 0.5) is 0 Å². The Hall–Kier alpha value is -0.106. The summed E-state index contributed by atoms with van der Waals surface area (Å²) < 4.78 is 0. The first-order chi connectivity index (χ1) is 5.81. The van der Waals surface area contributed by atoms with Crippen LogP contribution in [-0.2, 0) is 21.7 Å². The number of rotatable bonds is 2. The molecule has 0 aromatic heterocycles. The van der Waals surface area contributed by atoms with Crippen LogP contribution >= 0.6 is 0 Å². The molecule has 2 heteroatoms. The molecule has 0 bridgehead atoms. The molecule has 0 atom stereocenters. The number of benzene rings is 1. The molecule has 0 spiro atoms. The standard InChI is InChI=1S/C7H8.C4H10O.Ti/c1-7-5-3-2-4-6-7;1-2-3-4-5;/h2-6H,1H3;5H,2-4H2,1H3;. The molecule has 0 unspecified atom stereocenters. The molecule has 0 fully saturated rings. The SMILES string of the molecule is CCCCO.Cc1ccccc1.[Ti]. The van der Waals surface area contributed by atoms with E-state index in [9.17, 15) is 0 Å². The molecule has 0 saturated carbocycles. The molecule has 1 aromatic rings. The Kier molecular flexibility index (Phi) is 14.1. The second-order valence-electron chi connectivity index (χ2n) is 2.73. The van der Waals surface area contributed by atoms with Crippen LogP contribution in [0.25, 0.3) is 0 Å². The van der Waals surface area contributed by atoms with Gasteiger partial charge in [-0.2, -0.15) is 0 Å².